The van der Waals surface area contributed by atoms with E-state index in [1.54, 1.807) is 0 Å². The van der Waals surface area contributed by atoms with Crippen LogP contribution in [0.25, 0.3) is 0 Å². The maximum absolute atomic E-state index is 12.4. The topological polar surface area (TPSA) is 64.4 Å². The molecule has 0 aromatic rings. The number of carbonyl (C=O) groups excluding carboxylic acids is 1. The standard InChI is InChI=1S/C14H28N2O2/c1-3-6-14(11-15,7-4-2)13(17)16-9-12-5-8-18-10-12/h12H,3-11,15H2,1-2H3,(H,16,17). The van der Waals surface area contributed by atoms with Crippen molar-refractivity contribution < 1.29 is 9.53 Å². The van der Waals surface area contributed by atoms with Crippen LogP contribution in [0.2, 0.25) is 0 Å². The fourth-order valence-electron chi connectivity index (χ4n) is 2.77. The lowest BCUT2D eigenvalue weighted by molar-refractivity contribution is -0.131. The van der Waals surface area contributed by atoms with Gasteiger partial charge in [-0.25, -0.2) is 0 Å². The molecule has 4 nitrogen and oxygen atoms in total. The average Bonchev–Trinajstić information content (AvgIpc) is 2.88. The summed E-state index contributed by atoms with van der Waals surface area (Å²) in [7, 11) is 0. The largest absolute Gasteiger partial charge is 0.381 e. The van der Waals surface area contributed by atoms with Crippen molar-refractivity contribution in [3.63, 3.8) is 0 Å². The maximum Gasteiger partial charge on any atom is 0.227 e. The molecule has 1 unspecified atom stereocenters. The van der Waals surface area contributed by atoms with Crippen LogP contribution in [0.3, 0.4) is 0 Å². The van der Waals surface area contributed by atoms with Crippen molar-refractivity contribution in [2.45, 2.75) is 46.0 Å². The summed E-state index contributed by atoms with van der Waals surface area (Å²) >= 11 is 0. The number of hydrogen-bond donors (Lipinski definition) is 2. The molecule has 1 amide bonds. The van der Waals surface area contributed by atoms with Crippen molar-refractivity contribution in [2.24, 2.45) is 17.1 Å². The molecule has 0 radical (unpaired) electrons. The van der Waals surface area contributed by atoms with Crippen molar-refractivity contribution in [3.05, 3.63) is 0 Å². The smallest absolute Gasteiger partial charge is 0.227 e. The molecule has 106 valence electrons. The second-order valence-electron chi connectivity index (χ2n) is 5.42. The van der Waals surface area contributed by atoms with Gasteiger partial charge in [-0.1, -0.05) is 26.7 Å². The summed E-state index contributed by atoms with van der Waals surface area (Å²) < 4.78 is 5.32. The van der Waals surface area contributed by atoms with Gasteiger partial charge in [0.25, 0.3) is 0 Å². The summed E-state index contributed by atoms with van der Waals surface area (Å²) in [5.41, 5.74) is 5.52. The Morgan fingerprint density at radius 1 is 1.39 bits per heavy atom. The zero-order valence-corrected chi connectivity index (χ0v) is 11.8. The Morgan fingerprint density at radius 3 is 2.50 bits per heavy atom. The summed E-state index contributed by atoms with van der Waals surface area (Å²) in [5, 5.41) is 3.09. The number of amides is 1. The first-order valence-electron chi connectivity index (χ1n) is 7.24. The molecule has 1 heterocycles. The Labute approximate surface area is 111 Å². The minimum atomic E-state index is -0.358. The van der Waals surface area contributed by atoms with Crippen molar-refractivity contribution in [3.8, 4) is 0 Å². The Balaban J connectivity index is 2.51. The van der Waals surface area contributed by atoms with E-state index >= 15 is 0 Å². The van der Waals surface area contributed by atoms with Crippen LogP contribution in [0.5, 0.6) is 0 Å². The van der Waals surface area contributed by atoms with Gasteiger partial charge in [-0.2, -0.15) is 0 Å². The highest BCUT2D eigenvalue weighted by Crippen LogP contribution is 2.29. The monoisotopic (exact) mass is 256 g/mol. The van der Waals surface area contributed by atoms with Crippen molar-refractivity contribution in [1.82, 2.24) is 5.32 Å². The van der Waals surface area contributed by atoms with Gasteiger partial charge in [0.05, 0.1) is 12.0 Å². The molecule has 1 aliphatic rings. The molecule has 0 aromatic heterocycles. The minimum Gasteiger partial charge on any atom is -0.381 e. The SMILES string of the molecule is CCCC(CN)(CCC)C(=O)NCC1CCOC1. The van der Waals surface area contributed by atoms with E-state index in [-0.39, 0.29) is 11.3 Å². The molecule has 0 aromatic carbocycles. The zero-order chi connectivity index (χ0) is 13.4. The molecule has 0 saturated carbocycles. The molecule has 4 heteroatoms. The summed E-state index contributed by atoms with van der Waals surface area (Å²) in [6.45, 7) is 7.00. The van der Waals surface area contributed by atoms with E-state index in [9.17, 15) is 4.79 Å². The highest BCUT2D eigenvalue weighted by Gasteiger charge is 2.35. The second-order valence-corrected chi connectivity index (χ2v) is 5.42. The van der Waals surface area contributed by atoms with Crippen molar-refractivity contribution in [2.75, 3.05) is 26.3 Å². The van der Waals surface area contributed by atoms with Crippen LogP contribution < -0.4 is 11.1 Å². The summed E-state index contributed by atoms with van der Waals surface area (Å²) in [4.78, 5) is 12.4. The van der Waals surface area contributed by atoms with Crippen molar-refractivity contribution in [1.29, 1.82) is 0 Å². The quantitative estimate of drug-likeness (QED) is 0.694. The number of rotatable bonds is 8. The van der Waals surface area contributed by atoms with E-state index < -0.39 is 0 Å². The van der Waals surface area contributed by atoms with Crippen LogP contribution in [0.4, 0.5) is 0 Å². The summed E-state index contributed by atoms with van der Waals surface area (Å²) in [6, 6.07) is 0. The van der Waals surface area contributed by atoms with Crippen LogP contribution in [-0.2, 0) is 9.53 Å². The number of ether oxygens (including phenoxy) is 1. The number of nitrogens with one attached hydrogen (secondary N) is 1. The lowest BCUT2D eigenvalue weighted by Gasteiger charge is -2.31. The highest BCUT2D eigenvalue weighted by atomic mass is 16.5. The first-order valence-corrected chi connectivity index (χ1v) is 7.24. The molecule has 0 spiro atoms. The van der Waals surface area contributed by atoms with Gasteiger partial charge in [0.2, 0.25) is 5.91 Å². The van der Waals surface area contributed by atoms with Crippen molar-refractivity contribution >= 4 is 5.91 Å². The number of carbonyl (C=O) groups is 1. The van der Waals surface area contributed by atoms with Gasteiger partial charge in [-0.05, 0) is 19.3 Å². The van der Waals surface area contributed by atoms with Gasteiger partial charge in [0.15, 0.2) is 0 Å². The van der Waals surface area contributed by atoms with Crippen LogP contribution in [-0.4, -0.2) is 32.2 Å². The number of nitrogens with two attached hydrogens (primary N) is 1. The Morgan fingerprint density at radius 2 is 2.06 bits per heavy atom. The molecule has 1 atom stereocenters. The second kappa shape index (κ2) is 7.74. The fourth-order valence-corrected chi connectivity index (χ4v) is 2.77. The molecule has 1 rings (SSSR count). The van der Waals surface area contributed by atoms with Crippen LogP contribution in [0.1, 0.15) is 46.0 Å². The molecular weight excluding hydrogens is 228 g/mol. The van der Waals surface area contributed by atoms with Gasteiger partial charge >= 0.3 is 0 Å². The first kappa shape index (κ1) is 15.4. The lowest BCUT2D eigenvalue weighted by atomic mass is 9.78. The van der Waals surface area contributed by atoms with Gasteiger partial charge in [-0.3, -0.25) is 4.79 Å². The molecule has 1 fully saturated rings. The van der Waals surface area contributed by atoms with E-state index in [4.69, 9.17) is 10.5 Å². The third-order valence-electron chi connectivity index (χ3n) is 3.90. The third kappa shape index (κ3) is 3.95. The van der Waals surface area contributed by atoms with E-state index in [0.29, 0.717) is 12.5 Å². The molecule has 0 bridgehead atoms. The molecule has 3 N–H and O–H groups in total. The zero-order valence-electron chi connectivity index (χ0n) is 11.8. The fraction of sp³-hybridized carbons (Fsp3) is 0.929. The summed E-state index contributed by atoms with van der Waals surface area (Å²) in [6.07, 6.45) is 4.81. The predicted molar refractivity (Wildman–Crippen MR) is 73.2 cm³/mol. The molecule has 1 saturated heterocycles. The first-order chi connectivity index (χ1) is 8.68. The summed E-state index contributed by atoms with van der Waals surface area (Å²) in [5.74, 6) is 0.619. The maximum atomic E-state index is 12.4. The lowest BCUT2D eigenvalue weighted by Crippen LogP contribution is -2.47. The normalized spacial score (nSPS) is 20.1. The average molecular weight is 256 g/mol. The molecule has 1 aliphatic heterocycles. The Bertz CT molecular complexity index is 244. The van der Waals surface area contributed by atoms with E-state index in [1.165, 1.54) is 0 Å². The minimum absolute atomic E-state index is 0.139. The van der Waals surface area contributed by atoms with E-state index in [2.05, 4.69) is 19.2 Å². The number of hydrogen-bond acceptors (Lipinski definition) is 3. The van der Waals surface area contributed by atoms with Gasteiger partial charge in [0.1, 0.15) is 0 Å². The Kier molecular flexibility index (Phi) is 6.65. The highest BCUT2D eigenvalue weighted by molar-refractivity contribution is 5.82. The molecule has 0 aliphatic carbocycles. The predicted octanol–water partition coefficient (Wildman–Crippen LogP) is 1.68. The van der Waals surface area contributed by atoms with Gasteiger partial charge in [-0.15, -0.1) is 0 Å². The Hall–Kier alpha value is -0.610. The van der Waals surface area contributed by atoms with Crippen LogP contribution in [0, 0.1) is 11.3 Å². The molecule has 18 heavy (non-hydrogen) atoms. The van der Waals surface area contributed by atoms with Crippen LogP contribution >= 0.6 is 0 Å². The molecular formula is C14H28N2O2. The van der Waals surface area contributed by atoms with E-state index in [1.807, 2.05) is 0 Å². The van der Waals surface area contributed by atoms with Gasteiger partial charge in [0, 0.05) is 25.6 Å². The van der Waals surface area contributed by atoms with Gasteiger partial charge < -0.3 is 15.8 Å². The van der Waals surface area contributed by atoms with E-state index in [0.717, 1.165) is 51.9 Å². The third-order valence-corrected chi connectivity index (χ3v) is 3.90. The van der Waals surface area contributed by atoms with Crippen LogP contribution in [0.15, 0.2) is 0 Å².